The molecule has 2 unspecified atom stereocenters. The summed E-state index contributed by atoms with van der Waals surface area (Å²) in [6.45, 7) is 3.15. The van der Waals surface area contributed by atoms with Gasteiger partial charge in [0.25, 0.3) is 0 Å². The maximum atomic E-state index is 11.6. The summed E-state index contributed by atoms with van der Waals surface area (Å²) < 4.78 is 5.26. The van der Waals surface area contributed by atoms with Crippen LogP contribution in [0.25, 0.3) is 0 Å². The van der Waals surface area contributed by atoms with E-state index in [1.54, 1.807) is 0 Å². The number of carbonyl (C=O) groups excluding carboxylic acids is 1. The van der Waals surface area contributed by atoms with Crippen LogP contribution in [0, 0.1) is 17.8 Å². The van der Waals surface area contributed by atoms with Crippen molar-refractivity contribution in [2.24, 2.45) is 17.8 Å². The zero-order valence-electron chi connectivity index (χ0n) is 8.29. The molecule has 74 valence electrons. The van der Waals surface area contributed by atoms with Crippen LogP contribution in [0.4, 0.5) is 0 Å². The van der Waals surface area contributed by atoms with Crippen LogP contribution in [0.2, 0.25) is 0 Å². The zero-order chi connectivity index (χ0) is 9.26. The van der Waals surface area contributed by atoms with Gasteiger partial charge in [0.15, 0.2) is 5.78 Å². The molecule has 2 atom stereocenters. The molecule has 0 bridgehead atoms. The fourth-order valence-corrected chi connectivity index (χ4v) is 2.41. The van der Waals surface area contributed by atoms with Gasteiger partial charge in [-0.25, -0.2) is 0 Å². The monoisotopic (exact) mass is 182 g/mol. The van der Waals surface area contributed by atoms with Crippen LogP contribution in [-0.4, -0.2) is 19.0 Å². The second-order valence-electron chi connectivity index (χ2n) is 4.44. The van der Waals surface area contributed by atoms with Gasteiger partial charge in [-0.1, -0.05) is 6.92 Å². The molecule has 2 fully saturated rings. The van der Waals surface area contributed by atoms with Crippen molar-refractivity contribution in [3.63, 3.8) is 0 Å². The lowest BCUT2D eigenvalue weighted by atomic mass is 9.99. The number of Topliss-reactive ketones (excluding diaryl/α,β-unsaturated/α-hetero) is 1. The second-order valence-corrected chi connectivity index (χ2v) is 4.44. The van der Waals surface area contributed by atoms with E-state index in [1.807, 2.05) is 0 Å². The molecule has 0 aromatic carbocycles. The molecule has 0 heterocycles. The number of hydrogen-bond donors (Lipinski definition) is 0. The lowest BCUT2D eigenvalue weighted by Gasteiger charge is -2.09. The maximum absolute atomic E-state index is 11.6. The van der Waals surface area contributed by atoms with E-state index in [-0.39, 0.29) is 0 Å². The van der Waals surface area contributed by atoms with Crippen LogP contribution in [-0.2, 0) is 9.53 Å². The van der Waals surface area contributed by atoms with Crippen molar-refractivity contribution in [1.82, 2.24) is 0 Å². The largest absolute Gasteiger partial charge is 0.374 e. The van der Waals surface area contributed by atoms with E-state index in [4.69, 9.17) is 4.74 Å². The predicted molar refractivity (Wildman–Crippen MR) is 50.4 cm³/mol. The highest BCUT2D eigenvalue weighted by atomic mass is 16.5. The van der Waals surface area contributed by atoms with Gasteiger partial charge < -0.3 is 4.74 Å². The Labute approximate surface area is 79.7 Å². The van der Waals surface area contributed by atoms with Gasteiger partial charge in [0, 0.05) is 12.5 Å². The molecule has 0 amide bonds. The van der Waals surface area contributed by atoms with Crippen molar-refractivity contribution in [2.45, 2.75) is 32.6 Å². The summed E-state index contributed by atoms with van der Waals surface area (Å²) in [5, 5.41) is 0. The zero-order valence-corrected chi connectivity index (χ0v) is 8.29. The van der Waals surface area contributed by atoms with E-state index in [9.17, 15) is 4.79 Å². The van der Waals surface area contributed by atoms with E-state index >= 15 is 0 Å². The highest BCUT2D eigenvalue weighted by Crippen LogP contribution is 2.54. The Balaban J connectivity index is 1.66. The number of hydrogen-bond acceptors (Lipinski definition) is 2. The summed E-state index contributed by atoms with van der Waals surface area (Å²) in [6.07, 6.45) is 4.70. The van der Waals surface area contributed by atoms with E-state index in [0.717, 1.165) is 37.7 Å². The number of fused-ring (bicyclic) bond motifs is 1. The third-order valence-electron chi connectivity index (χ3n) is 3.29. The van der Waals surface area contributed by atoms with Crippen molar-refractivity contribution < 1.29 is 9.53 Å². The van der Waals surface area contributed by atoms with Crippen LogP contribution in [0.5, 0.6) is 0 Å². The van der Waals surface area contributed by atoms with Gasteiger partial charge >= 0.3 is 0 Å². The molecule has 13 heavy (non-hydrogen) atoms. The molecule has 0 aromatic heterocycles. The molecule has 0 aliphatic heterocycles. The van der Waals surface area contributed by atoms with Crippen molar-refractivity contribution in [1.29, 1.82) is 0 Å². The minimum Gasteiger partial charge on any atom is -0.374 e. The number of carbonyl (C=O) groups is 1. The minimum atomic E-state index is 0.348. The number of rotatable bonds is 5. The summed E-state index contributed by atoms with van der Waals surface area (Å²) in [7, 11) is 0. The molecule has 2 rings (SSSR count). The highest BCUT2D eigenvalue weighted by molar-refractivity contribution is 5.82. The minimum absolute atomic E-state index is 0.348. The Morgan fingerprint density at radius 2 is 2.00 bits per heavy atom. The molecule has 0 saturated heterocycles. The van der Waals surface area contributed by atoms with Gasteiger partial charge in [-0.15, -0.1) is 0 Å². The lowest BCUT2D eigenvalue weighted by molar-refractivity contribution is -0.127. The first-order valence-corrected chi connectivity index (χ1v) is 5.41. The van der Waals surface area contributed by atoms with Gasteiger partial charge in [-0.05, 0) is 37.5 Å². The number of ether oxygens (including phenoxy) is 1. The van der Waals surface area contributed by atoms with Crippen LogP contribution in [0.3, 0.4) is 0 Å². The second kappa shape index (κ2) is 3.79. The van der Waals surface area contributed by atoms with Gasteiger partial charge in [0.2, 0.25) is 0 Å². The molecule has 2 nitrogen and oxygen atoms in total. The Kier molecular flexibility index (Phi) is 2.68. The first kappa shape index (κ1) is 9.20. The van der Waals surface area contributed by atoms with Crippen LogP contribution < -0.4 is 0 Å². The first-order valence-electron chi connectivity index (χ1n) is 5.41. The lowest BCUT2D eigenvalue weighted by Crippen LogP contribution is -2.18. The van der Waals surface area contributed by atoms with Gasteiger partial charge in [-0.3, -0.25) is 4.79 Å². The van der Waals surface area contributed by atoms with Crippen molar-refractivity contribution in [3.8, 4) is 0 Å². The van der Waals surface area contributed by atoms with Crippen LogP contribution >= 0.6 is 0 Å². The molecule has 2 aliphatic rings. The average molecular weight is 182 g/mol. The summed E-state index contributed by atoms with van der Waals surface area (Å²) in [6, 6.07) is 0. The molecule has 0 aromatic rings. The van der Waals surface area contributed by atoms with Crippen molar-refractivity contribution in [2.75, 3.05) is 13.2 Å². The fourth-order valence-electron chi connectivity index (χ4n) is 2.41. The van der Waals surface area contributed by atoms with Crippen LogP contribution in [0.15, 0.2) is 0 Å². The quantitative estimate of drug-likeness (QED) is 0.608. The third-order valence-corrected chi connectivity index (χ3v) is 3.29. The first-order chi connectivity index (χ1) is 6.31. The SMILES string of the molecule is CCCOCC(=O)C1CC2CC2C1. The van der Waals surface area contributed by atoms with Gasteiger partial charge in [0.05, 0.1) is 0 Å². The fraction of sp³-hybridized carbons (Fsp3) is 0.909. The van der Waals surface area contributed by atoms with E-state index in [0.29, 0.717) is 18.3 Å². The van der Waals surface area contributed by atoms with E-state index in [1.165, 1.54) is 6.42 Å². The molecule has 2 heteroatoms. The maximum Gasteiger partial charge on any atom is 0.161 e. The Bertz CT molecular complexity index is 190. The van der Waals surface area contributed by atoms with Crippen molar-refractivity contribution >= 4 is 5.78 Å². The normalized spacial score (nSPS) is 35.9. The van der Waals surface area contributed by atoms with E-state index in [2.05, 4.69) is 6.92 Å². The molecule has 0 spiro atoms. The van der Waals surface area contributed by atoms with Gasteiger partial charge in [0.1, 0.15) is 6.61 Å². The Hall–Kier alpha value is -0.370. The molecular formula is C11H18O2. The highest BCUT2D eigenvalue weighted by Gasteiger charge is 2.47. The summed E-state index contributed by atoms with van der Waals surface area (Å²) in [5.74, 6) is 2.50. The molecular weight excluding hydrogens is 164 g/mol. The summed E-state index contributed by atoms with van der Waals surface area (Å²) >= 11 is 0. The van der Waals surface area contributed by atoms with Crippen LogP contribution in [0.1, 0.15) is 32.6 Å². The Morgan fingerprint density at radius 1 is 1.31 bits per heavy atom. The third kappa shape index (κ3) is 2.11. The summed E-state index contributed by atoms with van der Waals surface area (Å²) in [5.41, 5.74) is 0. The standard InChI is InChI=1S/C11H18O2/c1-2-3-13-7-11(12)10-5-8-4-9(8)6-10/h8-10H,2-7H2,1H3. The average Bonchev–Trinajstić information content (AvgIpc) is 2.74. The summed E-state index contributed by atoms with van der Waals surface area (Å²) in [4.78, 5) is 11.6. The number of ketones is 1. The Morgan fingerprint density at radius 3 is 2.62 bits per heavy atom. The predicted octanol–water partition coefficient (Wildman–Crippen LogP) is 2.03. The smallest absolute Gasteiger partial charge is 0.161 e. The van der Waals surface area contributed by atoms with E-state index < -0.39 is 0 Å². The molecule has 2 aliphatic carbocycles. The van der Waals surface area contributed by atoms with Crippen molar-refractivity contribution in [3.05, 3.63) is 0 Å². The molecule has 2 saturated carbocycles. The topological polar surface area (TPSA) is 26.3 Å². The molecule has 0 N–H and O–H groups in total. The van der Waals surface area contributed by atoms with Gasteiger partial charge in [-0.2, -0.15) is 0 Å². The molecule has 0 radical (unpaired) electrons.